The van der Waals surface area contributed by atoms with Crippen LogP contribution in [0.3, 0.4) is 0 Å². The molecule has 3 rings (SSSR count). The van der Waals surface area contributed by atoms with E-state index in [1.807, 2.05) is 0 Å². The lowest BCUT2D eigenvalue weighted by Crippen LogP contribution is -2.15. The third-order valence-corrected chi connectivity index (χ3v) is 4.02. The normalized spacial score (nSPS) is 24.6. The maximum atomic E-state index is 9.90. The number of hydrogen-bond acceptors (Lipinski definition) is 1. The Balaban J connectivity index is 1.92. The molecular weight excluding hydrogens is 210 g/mol. The Labute approximate surface area is 102 Å². The van der Waals surface area contributed by atoms with Crippen LogP contribution < -0.4 is 0 Å². The van der Waals surface area contributed by atoms with Gasteiger partial charge in [-0.25, -0.2) is 0 Å². The van der Waals surface area contributed by atoms with Crippen LogP contribution in [0.15, 0.2) is 24.4 Å². The van der Waals surface area contributed by atoms with E-state index in [-0.39, 0.29) is 6.10 Å². The van der Waals surface area contributed by atoms with E-state index in [9.17, 15) is 5.11 Å². The highest BCUT2D eigenvalue weighted by Gasteiger charge is 2.25. The van der Waals surface area contributed by atoms with Crippen LogP contribution in [0.4, 0.5) is 0 Å². The van der Waals surface area contributed by atoms with Crippen LogP contribution in [0.25, 0.3) is 10.9 Å². The molecule has 1 aliphatic rings. The summed E-state index contributed by atoms with van der Waals surface area (Å²) in [7, 11) is 0. The standard InChI is InChI=1S/C15H19NO/c1-10-5-6-14-13(7-10)12(9-16-14)8-11-3-2-4-15(11)17/h5-7,9,11,15-17H,2-4,8H2,1H3. The first-order valence-electron chi connectivity index (χ1n) is 6.49. The third-order valence-electron chi connectivity index (χ3n) is 4.02. The topological polar surface area (TPSA) is 36.0 Å². The summed E-state index contributed by atoms with van der Waals surface area (Å²) in [5.74, 6) is 0.453. The molecule has 2 heteroatoms. The molecule has 1 aromatic heterocycles. The van der Waals surface area contributed by atoms with Crippen molar-refractivity contribution in [1.29, 1.82) is 0 Å². The van der Waals surface area contributed by atoms with Gasteiger partial charge in [0.05, 0.1) is 6.10 Å². The average Bonchev–Trinajstić information content (AvgIpc) is 2.88. The summed E-state index contributed by atoms with van der Waals surface area (Å²) in [6.07, 6.45) is 6.34. The lowest BCUT2D eigenvalue weighted by molar-refractivity contribution is 0.133. The lowest BCUT2D eigenvalue weighted by atomic mass is 9.95. The number of hydrogen-bond donors (Lipinski definition) is 2. The van der Waals surface area contributed by atoms with Gasteiger partial charge < -0.3 is 10.1 Å². The molecule has 1 aliphatic carbocycles. The monoisotopic (exact) mass is 229 g/mol. The molecular formula is C15H19NO. The number of nitrogens with one attached hydrogen (secondary N) is 1. The molecule has 90 valence electrons. The van der Waals surface area contributed by atoms with Gasteiger partial charge in [-0.3, -0.25) is 0 Å². The van der Waals surface area contributed by atoms with Gasteiger partial charge in [-0.1, -0.05) is 18.1 Å². The van der Waals surface area contributed by atoms with E-state index in [0.29, 0.717) is 5.92 Å². The van der Waals surface area contributed by atoms with Gasteiger partial charge in [0.1, 0.15) is 0 Å². The first kappa shape index (κ1) is 10.8. The minimum Gasteiger partial charge on any atom is -0.393 e. The molecule has 2 nitrogen and oxygen atoms in total. The van der Waals surface area contributed by atoms with E-state index in [4.69, 9.17) is 0 Å². The number of rotatable bonds is 2. The van der Waals surface area contributed by atoms with Crippen molar-refractivity contribution in [1.82, 2.24) is 4.98 Å². The molecule has 1 saturated carbocycles. The van der Waals surface area contributed by atoms with Crippen LogP contribution in [0.2, 0.25) is 0 Å². The Morgan fingerprint density at radius 1 is 1.35 bits per heavy atom. The van der Waals surface area contributed by atoms with Crippen LogP contribution >= 0.6 is 0 Å². The molecule has 1 heterocycles. The molecule has 0 bridgehead atoms. The molecule has 0 radical (unpaired) electrons. The van der Waals surface area contributed by atoms with E-state index in [1.54, 1.807) is 0 Å². The van der Waals surface area contributed by atoms with Crippen molar-refractivity contribution in [3.63, 3.8) is 0 Å². The number of fused-ring (bicyclic) bond motifs is 1. The zero-order valence-electron chi connectivity index (χ0n) is 10.2. The summed E-state index contributed by atoms with van der Waals surface area (Å²) >= 11 is 0. The van der Waals surface area contributed by atoms with E-state index in [0.717, 1.165) is 12.8 Å². The first-order valence-corrected chi connectivity index (χ1v) is 6.49. The molecule has 1 fully saturated rings. The van der Waals surface area contributed by atoms with E-state index in [2.05, 4.69) is 36.3 Å². The highest BCUT2D eigenvalue weighted by atomic mass is 16.3. The van der Waals surface area contributed by atoms with Crippen LogP contribution in [-0.4, -0.2) is 16.2 Å². The van der Waals surface area contributed by atoms with Gasteiger partial charge in [-0.2, -0.15) is 0 Å². The molecule has 2 atom stereocenters. The minimum atomic E-state index is -0.0928. The van der Waals surface area contributed by atoms with E-state index < -0.39 is 0 Å². The number of aliphatic hydroxyl groups excluding tert-OH is 1. The summed E-state index contributed by atoms with van der Waals surface area (Å²) in [6.45, 7) is 2.13. The average molecular weight is 229 g/mol. The molecule has 1 aromatic carbocycles. The van der Waals surface area contributed by atoms with Crippen molar-refractivity contribution in [3.8, 4) is 0 Å². The second-order valence-corrected chi connectivity index (χ2v) is 5.33. The van der Waals surface area contributed by atoms with Crippen molar-refractivity contribution in [2.45, 2.75) is 38.7 Å². The number of aromatic amines is 1. The number of benzene rings is 1. The van der Waals surface area contributed by atoms with Gasteiger partial charge in [0.25, 0.3) is 0 Å². The number of H-pyrrole nitrogens is 1. The molecule has 0 aliphatic heterocycles. The van der Waals surface area contributed by atoms with E-state index in [1.165, 1.54) is 34.9 Å². The Hall–Kier alpha value is -1.28. The summed E-state index contributed by atoms with van der Waals surface area (Å²) < 4.78 is 0. The Kier molecular flexibility index (Phi) is 2.67. The fourth-order valence-electron chi connectivity index (χ4n) is 3.00. The van der Waals surface area contributed by atoms with Gasteiger partial charge in [-0.05, 0) is 49.8 Å². The zero-order chi connectivity index (χ0) is 11.8. The van der Waals surface area contributed by atoms with Gasteiger partial charge >= 0.3 is 0 Å². The fraction of sp³-hybridized carbons (Fsp3) is 0.467. The highest BCUT2D eigenvalue weighted by Crippen LogP contribution is 2.31. The van der Waals surface area contributed by atoms with Crippen molar-refractivity contribution < 1.29 is 5.11 Å². The molecule has 2 N–H and O–H groups in total. The smallest absolute Gasteiger partial charge is 0.0571 e. The largest absolute Gasteiger partial charge is 0.393 e. The zero-order valence-corrected chi connectivity index (χ0v) is 10.2. The molecule has 2 aromatic rings. The second-order valence-electron chi connectivity index (χ2n) is 5.33. The fourth-order valence-corrected chi connectivity index (χ4v) is 3.00. The van der Waals surface area contributed by atoms with Gasteiger partial charge in [-0.15, -0.1) is 0 Å². The van der Waals surface area contributed by atoms with Crippen molar-refractivity contribution in [2.75, 3.05) is 0 Å². The maximum absolute atomic E-state index is 9.90. The SMILES string of the molecule is Cc1ccc2[nH]cc(CC3CCCC3O)c2c1. The maximum Gasteiger partial charge on any atom is 0.0571 e. The quantitative estimate of drug-likeness (QED) is 0.815. The molecule has 0 saturated heterocycles. The molecule has 17 heavy (non-hydrogen) atoms. The second kappa shape index (κ2) is 4.19. The van der Waals surface area contributed by atoms with Crippen molar-refractivity contribution in [3.05, 3.63) is 35.5 Å². The van der Waals surface area contributed by atoms with Crippen LogP contribution in [0.1, 0.15) is 30.4 Å². The molecule has 0 amide bonds. The molecule has 2 unspecified atom stereocenters. The van der Waals surface area contributed by atoms with Crippen LogP contribution in [0, 0.1) is 12.8 Å². The van der Waals surface area contributed by atoms with Crippen LogP contribution in [0.5, 0.6) is 0 Å². The van der Waals surface area contributed by atoms with Crippen molar-refractivity contribution >= 4 is 10.9 Å². The number of aryl methyl sites for hydroxylation is 1. The predicted octanol–water partition coefficient (Wildman–Crippen LogP) is 3.18. The van der Waals surface area contributed by atoms with Gasteiger partial charge in [0, 0.05) is 17.1 Å². The third kappa shape index (κ3) is 1.98. The van der Waals surface area contributed by atoms with Gasteiger partial charge in [0.15, 0.2) is 0 Å². The predicted molar refractivity (Wildman–Crippen MR) is 70.1 cm³/mol. The summed E-state index contributed by atoms with van der Waals surface area (Å²) in [5, 5.41) is 11.2. The summed E-state index contributed by atoms with van der Waals surface area (Å²) in [5.41, 5.74) is 3.86. The summed E-state index contributed by atoms with van der Waals surface area (Å²) in [4.78, 5) is 3.32. The highest BCUT2D eigenvalue weighted by molar-refractivity contribution is 5.83. The van der Waals surface area contributed by atoms with Gasteiger partial charge in [0.2, 0.25) is 0 Å². The molecule has 0 spiro atoms. The lowest BCUT2D eigenvalue weighted by Gasteiger charge is -2.13. The first-order chi connectivity index (χ1) is 8.24. The number of aliphatic hydroxyl groups is 1. The Morgan fingerprint density at radius 2 is 2.24 bits per heavy atom. The Bertz CT molecular complexity index is 529. The minimum absolute atomic E-state index is 0.0928. The van der Waals surface area contributed by atoms with Crippen molar-refractivity contribution in [2.24, 2.45) is 5.92 Å². The summed E-state index contributed by atoms with van der Waals surface area (Å²) in [6, 6.07) is 6.51. The Morgan fingerprint density at radius 3 is 3.00 bits per heavy atom. The van der Waals surface area contributed by atoms with Crippen LogP contribution in [-0.2, 0) is 6.42 Å². The number of aromatic nitrogens is 1. The van der Waals surface area contributed by atoms with E-state index >= 15 is 0 Å².